The molecule has 1 aliphatic rings. The molecule has 1 aromatic carbocycles. The highest BCUT2D eigenvalue weighted by Gasteiger charge is 2.35. The van der Waals surface area contributed by atoms with Gasteiger partial charge < -0.3 is 10.4 Å². The topological polar surface area (TPSA) is 84.2 Å². The molecule has 150 valence electrons. The molecule has 6 nitrogen and oxygen atoms in total. The molecule has 1 aliphatic carbocycles. The van der Waals surface area contributed by atoms with Gasteiger partial charge in [0.2, 0.25) is 0 Å². The fraction of sp³-hybridized carbons (Fsp3) is 0.500. The maximum Gasteiger partial charge on any atom is 0.303 e. The Labute approximate surface area is 166 Å². The van der Waals surface area contributed by atoms with Crippen LogP contribution >= 0.6 is 0 Å². The summed E-state index contributed by atoms with van der Waals surface area (Å²) in [6, 6.07) is 7.62. The minimum atomic E-state index is -0.813. The predicted octanol–water partition coefficient (Wildman–Crippen LogP) is 3.81. The number of hydrogen-bond acceptors (Lipinski definition) is 3. The van der Waals surface area contributed by atoms with Crippen molar-refractivity contribution >= 4 is 11.9 Å². The van der Waals surface area contributed by atoms with Crippen molar-refractivity contribution in [2.75, 3.05) is 0 Å². The Morgan fingerprint density at radius 1 is 1.25 bits per heavy atom. The summed E-state index contributed by atoms with van der Waals surface area (Å²) in [6.07, 6.45) is 3.87. The number of aliphatic carboxylic acids is 1. The van der Waals surface area contributed by atoms with Gasteiger partial charge in [-0.1, -0.05) is 20.3 Å². The van der Waals surface area contributed by atoms with Gasteiger partial charge in [-0.15, -0.1) is 0 Å². The van der Waals surface area contributed by atoms with Crippen LogP contribution in [-0.4, -0.2) is 32.8 Å². The van der Waals surface area contributed by atoms with Crippen LogP contribution in [-0.2, 0) is 11.2 Å². The molecule has 2 N–H and O–H groups in total. The molecule has 28 heavy (non-hydrogen) atoms. The van der Waals surface area contributed by atoms with Crippen molar-refractivity contribution in [2.45, 2.75) is 65.8 Å². The highest BCUT2D eigenvalue weighted by Crippen LogP contribution is 2.37. The molecule has 0 saturated heterocycles. The lowest BCUT2D eigenvalue weighted by atomic mass is 9.87. The maximum atomic E-state index is 12.6. The van der Waals surface area contributed by atoms with Crippen LogP contribution in [0.4, 0.5) is 0 Å². The van der Waals surface area contributed by atoms with Crippen LogP contribution in [0.2, 0.25) is 0 Å². The largest absolute Gasteiger partial charge is 0.481 e. The van der Waals surface area contributed by atoms with Gasteiger partial charge in [0.25, 0.3) is 5.91 Å². The zero-order valence-electron chi connectivity index (χ0n) is 17.1. The molecule has 6 heteroatoms. The van der Waals surface area contributed by atoms with E-state index in [4.69, 9.17) is 5.11 Å². The Morgan fingerprint density at radius 3 is 2.50 bits per heavy atom. The molecule has 1 aromatic heterocycles. The van der Waals surface area contributed by atoms with E-state index in [0.29, 0.717) is 12.0 Å². The number of carbonyl (C=O) groups excluding carboxylic acids is 1. The lowest BCUT2D eigenvalue weighted by molar-refractivity contribution is -0.136. The van der Waals surface area contributed by atoms with Crippen LogP contribution in [0.25, 0.3) is 5.69 Å². The van der Waals surface area contributed by atoms with Crippen LogP contribution in [0.15, 0.2) is 24.3 Å². The highest BCUT2D eigenvalue weighted by atomic mass is 16.4. The van der Waals surface area contributed by atoms with Crippen molar-refractivity contribution in [1.29, 1.82) is 0 Å². The van der Waals surface area contributed by atoms with Crippen molar-refractivity contribution < 1.29 is 14.7 Å². The molecular formula is C22H29N3O3. The van der Waals surface area contributed by atoms with Crippen molar-refractivity contribution in [2.24, 2.45) is 5.41 Å². The van der Waals surface area contributed by atoms with Crippen molar-refractivity contribution in [1.82, 2.24) is 15.1 Å². The number of carboxylic acids is 1. The lowest BCUT2D eigenvalue weighted by Crippen LogP contribution is -2.41. The summed E-state index contributed by atoms with van der Waals surface area (Å²) in [5.41, 5.74) is 4.38. The number of aryl methyl sites for hydroxylation is 1. The molecule has 0 spiro atoms. The summed E-state index contributed by atoms with van der Waals surface area (Å²) in [5, 5.41) is 16.7. The number of nitrogens with zero attached hydrogens (tertiary/aromatic N) is 2. The minimum absolute atomic E-state index is 0.0398. The third kappa shape index (κ3) is 4.11. The van der Waals surface area contributed by atoms with Gasteiger partial charge in [0.15, 0.2) is 0 Å². The monoisotopic (exact) mass is 383 g/mol. The smallest absolute Gasteiger partial charge is 0.303 e. The van der Waals surface area contributed by atoms with Gasteiger partial charge in [-0.2, -0.15) is 5.10 Å². The number of hydrogen-bond donors (Lipinski definition) is 2. The molecule has 0 unspecified atom stereocenters. The summed E-state index contributed by atoms with van der Waals surface area (Å²) < 4.78 is 1.81. The number of nitrogens with one attached hydrogen (secondary N) is 1. The minimum Gasteiger partial charge on any atom is -0.481 e. The summed E-state index contributed by atoms with van der Waals surface area (Å²) >= 11 is 0. The first-order valence-corrected chi connectivity index (χ1v) is 9.87. The first kappa shape index (κ1) is 20.1. The summed E-state index contributed by atoms with van der Waals surface area (Å²) in [4.78, 5) is 23.5. The fourth-order valence-corrected chi connectivity index (χ4v) is 4.11. The van der Waals surface area contributed by atoms with E-state index in [1.165, 1.54) is 0 Å². The predicted molar refractivity (Wildman–Crippen MR) is 108 cm³/mol. The Balaban J connectivity index is 1.75. The molecule has 0 bridgehead atoms. The van der Waals surface area contributed by atoms with E-state index in [-0.39, 0.29) is 23.8 Å². The lowest BCUT2D eigenvalue weighted by Gasteiger charge is -2.27. The number of carbonyl (C=O) groups is 2. The molecule has 1 amide bonds. The maximum absolute atomic E-state index is 12.6. The molecule has 1 saturated carbocycles. The van der Waals surface area contributed by atoms with Crippen molar-refractivity contribution in [3.8, 4) is 5.69 Å². The molecule has 1 heterocycles. The Hall–Kier alpha value is -2.63. The van der Waals surface area contributed by atoms with Crippen molar-refractivity contribution in [3.05, 3.63) is 46.8 Å². The van der Waals surface area contributed by atoms with Gasteiger partial charge in [0.05, 0.1) is 11.4 Å². The number of amides is 1. The fourth-order valence-electron chi connectivity index (χ4n) is 4.11. The Kier molecular flexibility index (Phi) is 5.59. The summed E-state index contributed by atoms with van der Waals surface area (Å²) in [7, 11) is 0. The standard InChI is InChI=1S/C22H29N3O3/c1-14-18(11-12-20(26)27)15(2)25(24-14)17-9-7-16(8-10-17)21(28)23-19-6-5-13-22(19,3)4/h7-10,19H,5-6,11-13H2,1-4H3,(H,23,28)(H,26,27)/t19-/m1/s1. The van der Waals surface area contributed by atoms with Gasteiger partial charge in [0.1, 0.15) is 0 Å². The highest BCUT2D eigenvalue weighted by molar-refractivity contribution is 5.94. The van der Waals surface area contributed by atoms with Gasteiger partial charge in [0, 0.05) is 23.7 Å². The second-order valence-corrected chi connectivity index (χ2v) is 8.41. The van der Waals surface area contributed by atoms with Crippen LogP contribution in [0.1, 0.15) is 66.8 Å². The molecule has 0 radical (unpaired) electrons. The number of benzene rings is 1. The summed E-state index contributed by atoms with van der Waals surface area (Å²) in [6.45, 7) is 8.25. The van der Waals surface area contributed by atoms with E-state index in [0.717, 1.165) is 41.9 Å². The molecule has 1 fully saturated rings. The van der Waals surface area contributed by atoms with Crippen LogP contribution < -0.4 is 5.32 Å². The van der Waals surface area contributed by atoms with E-state index in [9.17, 15) is 9.59 Å². The van der Waals surface area contributed by atoms with E-state index >= 15 is 0 Å². The second-order valence-electron chi connectivity index (χ2n) is 8.41. The number of rotatable bonds is 6. The zero-order chi connectivity index (χ0) is 20.5. The second kappa shape index (κ2) is 7.78. The average Bonchev–Trinajstić information content (AvgIpc) is 3.11. The molecular weight excluding hydrogens is 354 g/mol. The first-order chi connectivity index (χ1) is 13.2. The molecule has 1 atom stereocenters. The Bertz CT molecular complexity index is 881. The van der Waals surface area contributed by atoms with Gasteiger partial charge >= 0.3 is 5.97 Å². The van der Waals surface area contributed by atoms with E-state index in [1.54, 1.807) is 0 Å². The van der Waals surface area contributed by atoms with E-state index < -0.39 is 5.97 Å². The van der Waals surface area contributed by atoms with E-state index in [1.807, 2.05) is 42.8 Å². The first-order valence-electron chi connectivity index (χ1n) is 9.87. The third-order valence-electron chi connectivity index (χ3n) is 5.97. The van der Waals surface area contributed by atoms with Gasteiger partial charge in [-0.05, 0) is 68.4 Å². The third-order valence-corrected chi connectivity index (χ3v) is 5.97. The number of carboxylic acid groups (broad SMARTS) is 1. The zero-order valence-corrected chi connectivity index (χ0v) is 17.1. The average molecular weight is 383 g/mol. The van der Waals surface area contributed by atoms with Gasteiger partial charge in [-0.25, -0.2) is 4.68 Å². The van der Waals surface area contributed by atoms with Crippen molar-refractivity contribution in [3.63, 3.8) is 0 Å². The van der Waals surface area contributed by atoms with Crippen LogP contribution in [0.3, 0.4) is 0 Å². The SMILES string of the molecule is Cc1nn(-c2ccc(C(=O)N[C@@H]3CCCC3(C)C)cc2)c(C)c1CCC(=O)O. The van der Waals surface area contributed by atoms with E-state index in [2.05, 4.69) is 24.3 Å². The van der Waals surface area contributed by atoms with Crippen LogP contribution in [0, 0.1) is 19.3 Å². The molecule has 3 rings (SSSR count). The normalized spacial score (nSPS) is 18.2. The number of aromatic nitrogens is 2. The van der Waals surface area contributed by atoms with Crippen LogP contribution in [0.5, 0.6) is 0 Å². The molecule has 0 aliphatic heterocycles. The summed E-state index contributed by atoms with van der Waals surface area (Å²) in [5.74, 6) is -0.852. The Morgan fingerprint density at radius 2 is 1.93 bits per heavy atom. The quantitative estimate of drug-likeness (QED) is 0.794. The van der Waals surface area contributed by atoms with Gasteiger partial charge in [-0.3, -0.25) is 9.59 Å². The molecule has 2 aromatic rings.